The second kappa shape index (κ2) is 9.21. The molecule has 3 N–H and O–H groups in total. The third-order valence-corrected chi connectivity index (χ3v) is 7.40. The number of carbonyl (C=O) groups is 2. The minimum Gasteiger partial charge on any atom is -0.369 e. The minimum atomic E-state index is -3.79. The van der Waals surface area contributed by atoms with Gasteiger partial charge in [-0.1, -0.05) is 11.6 Å². The van der Waals surface area contributed by atoms with Crippen molar-refractivity contribution < 1.29 is 18.0 Å². The Labute approximate surface area is 186 Å². The number of benzene rings is 1. The van der Waals surface area contributed by atoms with E-state index in [1.165, 1.54) is 38.5 Å². The van der Waals surface area contributed by atoms with Crippen molar-refractivity contribution >= 4 is 44.9 Å². The van der Waals surface area contributed by atoms with Gasteiger partial charge in [-0.15, -0.1) is 0 Å². The van der Waals surface area contributed by atoms with Crippen LogP contribution in [-0.4, -0.2) is 56.7 Å². The summed E-state index contributed by atoms with van der Waals surface area (Å²) in [6, 6.07) is 7.52. The molecule has 1 unspecified atom stereocenters. The van der Waals surface area contributed by atoms with E-state index in [2.05, 4.69) is 10.3 Å². The molecule has 1 saturated heterocycles. The highest BCUT2D eigenvalue weighted by Crippen LogP contribution is 2.26. The minimum absolute atomic E-state index is 0.0343. The number of pyridine rings is 1. The van der Waals surface area contributed by atoms with Crippen molar-refractivity contribution in [2.45, 2.75) is 17.7 Å². The Morgan fingerprint density at radius 1 is 1.26 bits per heavy atom. The summed E-state index contributed by atoms with van der Waals surface area (Å²) in [7, 11) is -1.02. The van der Waals surface area contributed by atoms with Gasteiger partial charge in [0.1, 0.15) is 10.7 Å². The quantitative estimate of drug-likeness (QED) is 0.671. The van der Waals surface area contributed by atoms with Gasteiger partial charge in [0.25, 0.3) is 5.91 Å². The van der Waals surface area contributed by atoms with Crippen LogP contribution >= 0.6 is 11.6 Å². The van der Waals surface area contributed by atoms with Crippen LogP contribution in [0.15, 0.2) is 41.4 Å². The Morgan fingerprint density at radius 3 is 2.61 bits per heavy atom. The fraction of sp³-hybridized carbons (Fsp3) is 0.350. The smallest absolute Gasteiger partial charge is 0.255 e. The molecule has 2 heterocycles. The van der Waals surface area contributed by atoms with Crippen molar-refractivity contribution in [3.05, 3.63) is 47.1 Å². The topological polar surface area (TPSA) is 126 Å². The Bertz CT molecular complexity index is 1090. The summed E-state index contributed by atoms with van der Waals surface area (Å²) >= 11 is 6.03. The van der Waals surface area contributed by atoms with Gasteiger partial charge in [-0.25, -0.2) is 17.7 Å². The molecule has 1 aromatic carbocycles. The number of piperidine rings is 1. The zero-order valence-electron chi connectivity index (χ0n) is 17.2. The number of aromatic nitrogens is 1. The number of hydrogen-bond donors (Lipinski definition) is 2. The number of halogens is 1. The van der Waals surface area contributed by atoms with Crippen LogP contribution in [0.5, 0.6) is 0 Å². The Balaban J connectivity index is 1.74. The van der Waals surface area contributed by atoms with E-state index in [0.717, 1.165) is 23.7 Å². The van der Waals surface area contributed by atoms with Crippen LogP contribution in [0.1, 0.15) is 23.2 Å². The lowest BCUT2D eigenvalue weighted by molar-refractivity contribution is -0.122. The van der Waals surface area contributed by atoms with Gasteiger partial charge in [0.15, 0.2) is 0 Å². The molecule has 3 rings (SSSR count). The van der Waals surface area contributed by atoms with Crippen LogP contribution in [-0.2, 0) is 14.8 Å². The highest BCUT2D eigenvalue weighted by Gasteiger charge is 2.25. The molecule has 1 aliphatic rings. The monoisotopic (exact) mass is 465 g/mol. The number of nitrogens with two attached hydrogens (primary N) is 1. The van der Waals surface area contributed by atoms with E-state index in [-0.39, 0.29) is 27.3 Å². The van der Waals surface area contributed by atoms with Gasteiger partial charge < -0.3 is 16.0 Å². The zero-order valence-corrected chi connectivity index (χ0v) is 18.8. The van der Waals surface area contributed by atoms with Gasteiger partial charge in [-0.2, -0.15) is 0 Å². The number of anilines is 2. The van der Waals surface area contributed by atoms with Gasteiger partial charge in [0.2, 0.25) is 15.9 Å². The molecule has 11 heteroatoms. The average molecular weight is 466 g/mol. The molecule has 9 nitrogen and oxygen atoms in total. The van der Waals surface area contributed by atoms with Crippen molar-refractivity contribution in [3.63, 3.8) is 0 Å². The van der Waals surface area contributed by atoms with Crippen LogP contribution in [0, 0.1) is 5.92 Å². The van der Waals surface area contributed by atoms with E-state index >= 15 is 0 Å². The zero-order chi connectivity index (χ0) is 22.8. The number of primary amides is 1. The number of nitrogens with one attached hydrogen (secondary N) is 1. The largest absolute Gasteiger partial charge is 0.369 e. The van der Waals surface area contributed by atoms with E-state index in [9.17, 15) is 18.0 Å². The normalized spacial score (nSPS) is 16.9. The standard InChI is InChI=1S/C20H24ClN5O4S/c1-25(2)31(29,30)17-10-13(5-7-16(17)21)20(28)24-15-6-8-18(23-11-15)26-9-3-4-14(12-26)19(22)27/h5-8,10-11,14H,3-4,9,12H2,1-2H3,(H2,22,27)(H,24,28). The number of hydrogen-bond acceptors (Lipinski definition) is 6. The van der Waals surface area contributed by atoms with Crippen LogP contribution in [0.3, 0.4) is 0 Å². The molecular formula is C20H24ClN5O4S. The summed E-state index contributed by atoms with van der Waals surface area (Å²) in [5.74, 6) is -0.317. The van der Waals surface area contributed by atoms with E-state index in [1.54, 1.807) is 12.1 Å². The molecule has 1 aliphatic heterocycles. The summed E-state index contributed by atoms with van der Waals surface area (Å²) in [5, 5.41) is 2.73. The number of sulfonamides is 1. The van der Waals surface area contributed by atoms with Crippen LogP contribution in [0.4, 0.5) is 11.5 Å². The maximum absolute atomic E-state index is 12.6. The van der Waals surface area contributed by atoms with Crippen molar-refractivity contribution in [2.75, 3.05) is 37.4 Å². The van der Waals surface area contributed by atoms with Gasteiger partial charge in [-0.05, 0) is 43.2 Å². The molecule has 0 bridgehead atoms. The molecule has 2 aromatic rings. The lowest BCUT2D eigenvalue weighted by Gasteiger charge is -2.32. The average Bonchev–Trinajstić information content (AvgIpc) is 2.74. The lowest BCUT2D eigenvalue weighted by Crippen LogP contribution is -2.41. The molecule has 31 heavy (non-hydrogen) atoms. The first-order valence-corrected chi connectivity index (χ1v) is 11.4. The molecule has 0 aliphatic carbocycles. The van der Waals surface area contributed by atoms with Gasteiger partial charge >= 0.3 is 0 Å². The van der Waals surface area contributed by atoms with Gasteiger partial charge in [0, 0.05) is 32.7 Å². The van der Waals surface area contributed by atoms with E-state index in [4.69, 9.17) is 17.3 Å². The third-order valence-electron chi connectivity index (χ3n) is 5.11. The van der Waals surface area contributed by atoms with Crippen molar-refractivity contribution in [3.8, 4) is 0 Å². The molecule has 1 fully saturated rings. The van der Waals surface area contributed by atoms with Crippen molar-refractivity contribution in [1.29, 1.82) is 0 Å². The summed E-state index contributed by atoms with van der Waals surface area (Å²) < 4.78 is 25.8. The molecule has 1 atom stereocenters. The summed E-state index contributed by atoms with van der Waals surface area (Å²) in [4.78, 5) is 30.3. The van der Waals surface area contributed by atoms with Crippen molar-refractivity contribution in [1.82, 2.24) is 9.29 Å². The molecule has 0 saturated carbocycles. The molecule has 0 radical (unpaired) electrons. The first-order valence-electron chi connectivity index (χ1n) is 9.63. The predicted molar refractivity (Wildman–Crippen MR) is 119 cm³/mol. The summed E-state index contributed by atoms with van der Waals surface area (Å²) in [6.45, 7) is 1.29. The highest BCUT2D eigenvalue weighted by atomic mass is 35.5. The van der Waals surface area contributed by atoms with Crippen LogP contribution in [0.2, 0.25) is 5.02 Å². The predicted octanol–water partition coefficient (Wildman–Crippen LogP) is 1.94. The van der Waals surface area contributed by atoms with Crippen LogP contribution < -0.4 is 16.0 Å². The Kier molecular flexibility index (Phi) is 6.83. The molecular weight excluding hydrogens is 442 g/mol. The second-order valence-electron chi connectivity index (χ2n) is 7.48. The van der Waals surface area contributed by atoms with Crippen LogP contribution in [0.25, 0.3) is 0 Å². The van der Waals surface area contributed by atoms with E-state index < -0.39 is 15.9 Å². The fourth-order valence-corrected chi connectivity index (χ4v) is 4.70. The van der Waals surface area contributed by atoms with E-state index in [1.807, 2.05) is 4.90 Å². The Morgan fingerprint density at radius 2 is 2.00 bits per heavy atom. The first-order chi connectivity index (χ1) is 14.6. The lowest BCUT2D eigenvalue weighted by atomic mass is 9.97. The van der Waals surface area contributed by atoms with Gasteiger partial charge in [0.05, 0.1) is 22.8 Å². The van der Waals surface area contributed by atoms with Crippen molar-refractivity contribution in [2.24, 2.45) is 11.7 Å². The molecule has 0 spiro atoms. The Hall–Kier alpha value is -2.69. The first kappa shape index (κ1) is 23.0. The maximum atomic E-state index is 12.6. The SMILES string of the molecule is CN(C)S(=O)(=O)c1cc(C(=O)Nc2ccc(N3CCCC(C(N)=O)C3)nc2)ccc1Cl. The highest BCUT2D eigenvalue weighted by molar-refractivity contribution is 7.89. The molecule has 166 valence electrons. The molecule has 1 aromatic heterocycles. The second-order valence-corrected chi connectivity index (χ2v) is 10.0. The number of rotatable bonds is 6. The van der Waals surface area contributed by atoms with E-state index in [0.29, 0.717) is 18.1 Å². The number of amides is 2. The number of nitrogens with zero attached hydrogens (tertiary/aromatic N) is 3. The maximum Gasteiger partial charge on any atom is 0.255 e. The molecule has 2 amide bonds. The summed E-state index contributed by atoms with van der Waals surface area (Å²) in [6.07, 6.45) is 3.13. The fourth-order valence-electron chi connectivity index (χ4n) is 3.31. The van der Waals surface area contributed by atoms with Gasteiger partial charge in [-0.3, -0.25) is 9.59 Å². The summed E-state index contributed by atoms with van der Waals surface area (Å²) in [5.41, 5.74) is 6.02. The number of carbonyl (C=O) groups excluding carboxylic acids is 2. The third kappa shape index (κ3) is 5.15.